The van der Waals surface area contributed by atoms with E-state index < -0.39 is 0 Å². The quantitative estimate of drug-likeness (QED) is 0.902. The minimum absolute atomic E-state index is 0.0529. The average Bonchev–Trinajstić information content (AvgIpc) is 2.79. The van der Waals surface area contributed by atoms with Crippen LogP contribution in [0, 0.1) is 0 Å². The molecule has 5 nitrogen and oxygen atoms in total. The summed E-state index contributed by atoms with van der Waals surface area (Å²) in [6, 6.07) is 0.310. The van der Waals surface area contributed by atoms with Crippen molar-refractivity contribution in [3.8, 4) is 0 Å². The van der Waals surface area contributed by atoms with Crippen LogP contribution in [-0.2, 0) is 4.79 Å². The van der Waals surface area contributed by atoms with E-state index in [1.54, 1.807) is 18.3 Å². The van der Waals surface area contributed by atoms with Crippen LogP contribution in [0.3, 0.4) is 0 Å². The molecule has 0 radical (unpaired) electrons. The van der Waals surface area contributed by atoms with Gasteiger partial charge in [0.2, 0.25) is 11.0 Å². The van der Waals surface area contributed by atoms with Crippen molar-refractivity contribution in [2.75, 3.05) is 18.0 Å². The fourth-order valence-electron chi connectivity index (χ4n) is 1.83. The Balaban J connectivity index is 0.000000771. The van der Waals surface area contributed by atoms with Crippen LogP contribution in [0.4, 0.5) is 5.13 Å². The Morgan fingerprint density at radius 2 is 2.00 bits per heavy atom. The van der Waals surface area contributed by atoms with Crippen LogP contribution in [-0.4, -0.2) is 35.2 Å². The maximum atomic E-state index is 10.9. The SMILES string of the molecule is CC.CC(=O)NC1CCN(c2nnc(Br)s2)CC1. The van der Waals surface area contributed by atoms with Gasteiger partial charge in [-0.15, -0.1) is 10.2 Å². The molecule has 1 aliphatic heterocycles. The van der Waals surface area contributed by atoms with Gasteiger partial charge < -0.3 is 10.2 Å². The van der Waals surface area contributed by atoms with Crippen molar-refractivity contribution in [2.45, 2.75) is 39.7 Å². The highest BCUT2D eigenvalue weighted by molar-refractivity contribution is 9.11. The van der Waals surface area contributed by atoms with Gasteiger partial charge in [-0.1, -0.05) is 25.2 Å². The van der Waals surface area contributed by atoms with E-state index in [1.807, 2.05) is 13.8 Å². The summed E-state index contributed by atoms with van der Waals surface area (Å²) in [5, 5.41) is 11.9. The van der Waals surface area contributed by atoms with E-state index in [0.717, 1.165) is 35.0 Å². The van der Waals surface area contributed by atoms with Crippen LogP contribution in [0.5, 0.6) is 0 Å². The van der Waals surface area contributed by atoms with E-state index in [4.69, 9.17) is 0 Å². The second-order valence-corrected chi connectivity index (χ2v) is 6.03. The first kappa shape index (κ1) is 15.4. The average molecular weight is 335 g/mol. The van der Waals surface area contributed by atoms with Gasteiger partial charge in [-0.2, -0.15) is 0 Å². The number of hydrogen-bond donors (Lipinski definition) is 1. The van der Waals surface area contributed by atoms with Gasteiger partial charge in [0.1, 0.15) is 0 Å². The summed E-state index contributed by atoms with van der Waals surface area (Å²) in [6.07, 6.45) is 1.94. The lowest BCUT2D eigenvalue weighted by atomic mass is 10.1. The number of anilines is 1. The molecule has 0 unspecified atom stereocenters. The molecule has 18 heavy (non-hydrogen) atoms. The van der Waals surface area contributed by atoms with Gasteiger partial charge in [0.05, 0.1) is 0 Å². The summed E-state index contributed by atoms with van der Waals surface area (Å²) in [7, 11) is 0. The molecule has 1 aliphatic rings. The minimum atomic E-state index is 0.0529. The maximum absolute atomic E-state index is 10.9. The Kier molecular flexibility index (Phi) is 6.56. The van der Waals surface area contributed by atoms with E-state index in [1.165, 1.54) is 0 Å². The minimum Gasteiger partial charge on any atom is -0.353 e. The van der Waals surface area contributed by atoms with Crippen molar-refractivity contribution < 1.29 is 4.79 Å². The monoisotopic (exact) mass is 334 g/mol. The number of rotatable bonds is 2. The Morgan fingerprint density at radius 3 is 2.44 bits per heavy atom. The number of nitrogens with one attached hydrogen (secondary N) is 1. The lowest BCUT2D eigenvalue weighted by Crippen LogP contribution is -2.44. The summed E-state index contributed by atoms with van der Waals surface area (Å²) >= 11 is 4.85. The molecule has 2 rings (SSSR count). The molecule has 1 aromatic rings. The highest BCUT2D eigenvalue weighted by Crippen LogP contribution is 2.26. The first-order valence-electron chi connectivity index (χ1n) is 6.16. The summed E-state index contributed by atoms with van der Waals surface area (Å²) < 4.78 is 0.812. The van der Waals surface area contributed by atoms with E-state index in [2.05, 4.69) is 36.3 Å². The zero-order chi connectivity index (χ0) is 13.5. The smallest absolute Gasteiger partial charge is 0.217 e. The van der Waals surface area contributed by atoms with Crippen LogP contribution < -0.4 is 10.2 Å². The molecule has 1 N–H and O–H groups in total. The third-order valence-electron chi connectivity index (χ3n) is 2.56. The summed E-state index contributed by atoms with van der Waals surface area (Å²) in [6.45, 7) is 7.41. The molecule has 7 heteroatoms. The number of piperidine rings is 1. The Morgan fingerprint density at radius 1 is 1.39 bits per heavy atom. The van der Waals surface area contributed by atoms with Crippen molar-refractivity contribution in [1.82, 2.24) is 15.5 Å². The molecule has 1 saturated heterocycles. The molecule has 1 fully saturated rings. The van der Waals surface area contributed by atoms with Crippen LogP contribution in [0.1, 0.15) is 33.6 Å². The predicted octanol–water partition coefficient (Wildman–Crippen LogP) is 2.43. The molecular weight excluding hydrogens is 316 g/mol. The summed E-state index contributed by atoms with van der Waals surface area (Å²) in [5.74, 6) is 0.0529. The topological polar surface area (TPSA) is 58.1 Å². The first-order valence-corrected chi connectivity index (χ1v) is 7.77. The molecule has 0 aromatic carbocycles. The molecule has 1 amide bonds. The van der Waals surface area contributed by atoms with Crippen molar-refractivity contribution in [2.24, 2.45) is 0 Å². The molecule has 1 aromatic heterocycles. The normalized spacial score (nSPS) is 15.9. The van der Waals surface area contributed by atoms with Crippen molar-refractivity contribution in [3.05, 3.63) is 3.92 Å². The number of carbonyl (C=O) groups excluding carboxylic acids is 1. The van der Waals surface area contributed by atoms with E-state index in [0.29, 0.717) is 6.04 Å². The molecule has 102 valence electrons. The predicted molar refractivity (Wildman–Crippen MR) is 78.0 cm³/mol. The number of nitrogens with zero attached hydrogens (tertiary/aromatic N) is 3. The molecule has 0 bridgehead atoms. The van der Waals surface area contributed by atoms with Gasteiger partial charge in [-0.05, 0) is 28.8 Å². The van der Waals surface area contributed by atoms with Gasteiger partial charge in [0.25, 0.3) is 0 Å². The van der Waals surface area contributed by atoms with Crippen LogP contribution >= 0.6 is 27.3 Å². The lowest BCUT2D eigenvalue weighted by molar-refractivity contribution is -0.119. The highest BCUT2D eigenvalue weighted by atomic mass is 79.9. The van der Waals surface area contributed by atoms with Crippen molar-refractivity contribution in [3.63, 3.8) is 0 Å². The fraction of sp³-hybridized carbons (Fsp3) is 0.727. The Labute approximate surface area is 120 Å². The van der Waals surface area contributed by atoms with Crippen LogP contribution in [0.15, 0.2) is 3.92 Å². The number of halogens is 1. The second kappa shape index (κ2) is 7.68. The molecule has 0 aliphatic carbocycles. The highest BCUT2D eigenvalue weighted by Gasteiger charge is 2.21. The Bertz CT molecular complexity index is 377. The van der Waals surface area contributed by atoms with Crippen LogP contribution in [0.25, 0.3) is 0 Å². The molecule has 0 saturated carbocycles. The summed E-state index contributed by atoms with van der Waals surface area (Å²) in [4.78, 5) is 13.1. The first-order chi connectivity index (χ1) is 8.65. The fourth-order valence-corrected chi connectivity index (χ4v) is 2.97. The van der Waals surface area contributed by atoms with E-state index >= 15 is 0 Å². The lowest BCUT2D eigenvalue weighted by Gasteiger charge is -2.31. The Hall–Kier alpha value is -0.690. The third kappa shape index (κ3) is 4.53. The summed E-state index contributed by atoms with van der Waals surface area (Å²) in [5.41, 5.74) is 0. The largest absolute Gasteiger partial charge is 0.353 e. The molecule has 0 spiro atoms. The van der Waals surface area contributed by atoms with Crippen molar-refractivity contribution in [1.29, 1.82) is 0 Å². The zero-order valence-corrected chi connectivity index (χ0v) is 13.3. The number of carbonyl (C=O) groups is 1. The van der Waals surface area contributed by atoms with E-state index in [-0.39, 0.29) is 5.91 Å². The van der Waals surface area contributed by atoms with Crippen LogP contribution in [0.2, 0.25) is 0 Å². The zero-order valence-electron chi connectivity index (χ0n) is 10.9. The van der Waals surface area contributed by atoms with Gasteiger partial charge in [-0.3, -0.25) is 4.79 Å². The van der Waals surface area contributed by atoms with E-state index in [9.17, 15) is 4.79 Å². The number of hydrogen-bond acceptors (Lipinski definition) is 5. The molecule has 0 atom stereocenters. The number of amides is 1. The van der Waals surface area contributed by atoms with Gasteiger partial charge >= 0.3 is 0 Å². The van der Waals surface area contributed by atoms with Gasteiger partial charge in [-0.25, -0.2) is 0 Å². The third-order valence-corrected chi connectivity index (χ3v) is 3.98. The van der Waals surface area contributed by atoms with Gasteiger partial charge in [0, 0.05) is 26.1 Å². The molecular formula is C11H19BrN4OS. The molecule has 2 heterocycles. The number of aromatic nitrogens is 2. The van der Waals surface area contributed by atoms with Gasteiger partial charge in [0.15, 0.2) is 3.92 Å². The second-order valence-electron chi connectivity index (χ2n) is 3.80. The maximum Gasteiger partial charge on any atom is 0.217 e. The van der Waals surface area contributed by atoms with Crippen molar-refractivity contribution >= 4 is 38.3 Å². The standard InChI is InChI=1S/C9H13BrN4OS.C2H6/c1-6(15)11-7-2-4-14(5-3-7)9-13-12-8(10)16-9;1-2/h7H,2-5H2,1H3,(H,11,15);1-2H3.